The smallest absolute Gasteiger partial charge is 0.225 e. The second kappa shape index (κ2) is 11.3. The first-order chi connectivity index (χ1) is 19.8. The SMILES string of the molecule is CCC[C@@H](O)COc1ccc(Cl)c(-c2nc(-c3c(C)noc3C)c(C)c(N3Cc4cnc(N5CCC5)nc4C3)n2)c1. The Balaban J connectivity index is 1.40. The van der Waals surface area contributed by atoms with Crippen molar-refractivity contribution in [1.29, 1.82) is 0 Å². The minimum absolute atomic E-state index is 0.200. The molecule has 11 heteroatoms. The van der Waals surface area contributed by atoms with Crippen LogP contribution in [0.25, 0.3) is 22.6 Å². The molecule has 0 saturated carbocycles. The predicted octanol–water partition coefficient (Wildman–Crippen LogP) is 5.44. The van der Waals surface area contributed by atoms with Gasteiger partial charge in [0.1, 0.15) is 23.9 Å². The largest absolute Gasteiger partial charge is 0.491 e. The first kappa shape index (κ1) is 27.4. The molecular formula is C30H34ClN7O3. The Morgan fingerprint density at radius 3 is 2.63 bits per heavy atom. The molecule has 6 rings (SSSR count). The molecule has 0 aliphatic carbocycles. The van der Waals surface area contributed by atoms with E-state index in [9.17, 15) is 5.11 Å². The van der Waals surface area contributed by atoms with E-state index in [-0.39, 0.29) is 6.61 Å². The molecule has 2 aliphatic heterocycles. The molecule has 1 atom stereocenters. The molecule has 2 aliphatic rings. The van der Waals surface area contributed by atoms with Crippen molar-refractivity contribution in [2.75, 3.05) is 29.5 Å². The number of halogens is 1. The minimum Gasteiger partial charge on any atom is -0.491 e. The van der Waals surface area contributed by atoms with Crippen LogP contribution in [0.3, 0.4) is 0 Å². The van der Waals surface area contributed by atoms with Gasteiger partial charge in [0.05, 0.1) is 40.3 Å². The van der Waals surface area contributed by atoms with Crippen LogP contribution in [0.15, 0.2) is 28.9 Å². The number of aryl methyl sites for hydroxylation is 2. The summed E-state index contributed by atoms with van der Waals surface area (Å²) in [5, 5.41) is 14.8. The van der Waals surface area contributed by atoms with Gasteiger partial charge in [-0.3, -0.25) is 0 Å². The average Bonchev–Trinajstić information content (AvgIpc) is 3.49. The number of ether oxygens (including phenoxy) is 1. The highest BCUT2D eigenvalue weighted by atomic mass is 35.5. The number of aromatic nitrogens is 5. The predicted molar refractivity (Wildman–Crippen MR) is 157 cm³/mol. The van der Waals surface area contributed by atoms with Gasteiger partial charge in [0.2, 0.25) is 5.95 Å². The molecule has 0 amide bonds. The lowest BCUT2D eigenvalue weighted by Gasteiger charge is -2.30. The van der Waals surface area contributed by atoms with Gasteiger partial charge in [-0.15, -0.1) is 0 Å². The summed E-state index contributed by atoms with van der Waals surface area (Å²) in [7, 11) is 0. The van der Waals surface area contributed by atoms with Gasteiger partial charge in [0.25, 0.3) is 0 Å². The van der Waals surface area contributed by atoms with Crippen molar-refractivity contribution in [3.8, 4) is 28.4 Å². The van der Waals surface area contributed by atoms with E-state index in [0.717, 1.165) is 65.0 Å². The Morgan fingerprint density at radius 2 is 1.93 bits per heavy atom. The molecule has 214 valence electrons. The number of hydrogen-bond donors (Lipinski definition) is 1. The average molecular weight is 576 g/mol. The number of anilines is 2. The highest BCUT2D eigenvalue weighted by Gasteiger charge is 2.29. The second-order valence-electron chi connectivity index (χ2n) is 10.8. The summed E-state index contributed by atoms with van der Waals surface area (Å²) in [6, 6.07) is 5.39. The Hall–Kier alpha value is -3.76. The second-order valence-corrected chi connectivity index (χ2v) is 11.2. The van der Waals surface area contributed by atoms with Crippen LogP contribution in [0.1, 0.15) is 54.5 Å². The Morgan fingerprint density at radius 1 is 1.10 bits per heavy atom. The highest BCUT2D eigenvalue weighted by Crippen LogP contribution is 2.39. The molecule has 0 spiro atoms. The number of benzene rings is 1. The minimum atomic E-state index is -0.533. The molecule has 1 fully saturated rings. The van der Waals surface area contributed by atoms with Gasteiger partial charge in [-0.2, -0.15) is 0 Å². The van der Waals surface area contributed by atoms with E-state index in [1.165, 1.54) is 6.42 Å². The third-order valence-electron chi connectivity index (χ3n) is 7.72. The van der Waals surface area contributed by atoms with E-state index in [1.54, 1.807) is 12.1 Å². The number of rotatable bonds is 9. The van der Waals surface area contributed by atoms with Crippen molar-refractivity contribution >= 4 is 23.4 Å². The van der Waals surface area contributed by atoms with Crippen molar-refractivity contribution in [2.45, 2.75) is 66.2 Å². The van der Waals surface area contributed by atoms with Gasteiger partial charge in [0.15, 0.2) is 5.82 Å². The first-order valence-corrected chi connectivity index (χ1v) is 14.5. The molecule has 0 bridgehead atoms. The van der Waals surface area contributed by atoms with Gasteiger partial charge < -0.3 is 24.2 Å². The van der Waals surface area contributed by atoms with E-state index in [0.29, 0.717) is 47.4 Å². The lowest BCUT2D eigenvalue weighted by Crippen LogP contribution is -2.38. The van der Waals surface area contributed by atoms with Crippen LogP contribution in [0.5, 0.6) is 5.75 Å². The molecule has 1 aromatic carbocycles. The quantitative estimate of drug-likeness (QED) is 0.277. The van der Waals surface area contributed by atoms with Crippen LogP contribution >= 0.6 is 11.6 Å². The van der Waals surface area contributed by atoms with Crippen LogP contribution in [-0.4, -0.2) is 56.0 Å². The topological polar surface area (TPSA) is 114 Å². The summed E-state index contributed by atoms with van der Waals surface area (Å²) in [6.07, 6.45) is 4.13. The summed E-state index contributed by atoms with van der Waals surface area (Å²) >= 11 is 6.72. The van der Waals surface area contributed by atoms with E-state index in [2.05, 4.69) is 19.9 Å². The summed E-state index contributed by atoms with van der Waals surface area (Å²) in [4.78, 5) is 24.0. The van der Waals surface area contributed by atoms with Gasteiger partial charge in [-0.25, -0.2) is 19.9 Å². The molecular weight excluding hydrogens is 542 g/mol. The third-order valence-corrected chi connectivity index (χ3v) is 8.04. The van der Waals surface area contributed by atoms with Crippen molar-refractivity contribution in [3.63, 3.8) is 0 Å². The zero-order valence-electron chi connectivity index (χ0n) is 23.8. The van der Waals surface area contributed by atoms with Crippen LogP contribution in [0.2, 0.25) is 5.02 Å². The Kier molecular flexibility index (Phi) is 7.52. The first-order valence-electron chi connectivity index (χ1n) is 14.1. The van der Waals surface area contributed by atoms with E-state index in [4.69, 9.17) is 35.8 Å². The maximum Gasteiger partial charge on any atom is 0.225 e. The number of aliphatic hydroxyl groups is 1. The molecule has 0 unspecified atom stereocenters. The number of nitrogens with zero attached hydrogens (tertiary/aromatic N) is 7. The van der Waals surface area contributed by atoms with Crippen molar-refractivity contribution in [2.24, 2.45) is 0 Å². The van der Waals surface area contributed by atoms with Crippen molar-refractivity contribution < 1.29 is 14.4 Å². The number of fused-ring (bicyclic) bond motifs is 1. The lowest BCUT2D eigenvalue weighted by molar-refractivity contribution is 0.0994. The fourth-order valence-electron chi connectivity index (χ4n) is 5.33. The van der Waals surface area contributed by atoms with Crippen molar-refractivity contribution in [1.82, 2.24) is 25.1 Å². The van der Waals surface area contributed by atoms with Crippen LogP contribution in [0.4, 0.5) is 11.8 Å². The maximum atomic E-state index is 10.2. The van der Waals surface area contributed by atoms with Crippen LogP contribution in [-0.2, 0) is 13.1 Å². The number of aliphatic hydroxyl groups excluding tert-OH is 1. The molecule has 1 saturated heterocycles. The standard InChI is InChI=1S/C30H34ClN7O3/c1-5-7-21(39)16-40-22-8-9-24(31)23(12-22)28-34-27(26-18(3)36-41-19(26)4)17(2)29(35-28)38-14-20-13-32-30(33-25(20)15-38)37-10-6-11-37/h8-9,12-13,21,39H,5-7,10-11,14-16H2,1-4H3/t21-/m1/s1. The van der Waals surface area contributed by atoms with Crippen LogP contribution < -0.4 is 14.5 Å². The van der Waals surface area contributed by atoms with Gasteiger partial charge in [0, 0.05) is 42.5 Å². The van der Waals surface area contributed by atoms with Gasteiger partial charge in [-0.1, -0.05) is 30.1 Å². The lowest BCUT2D eigenvalue weighted by atomic mass is 10.0. The maximum absolute atomic E-state index is 10.2. The highest BCUT2D eigenvalue weighted by molar-refractivity contribution is 6.33. The zero-order valence-corrected chi connectivity index (χ0v) is 24.6. The monoisotopic (exact) mass is 575 g/mol. The molecule has 10 nitrogen and oxygen atoms in total. The molecule has 3 aromatic heterocycles. The molecule has 5 heterocycles. The Labute approximate surface area is 244 Å². The number of hydrogen-bond acceptors (Lipinski definition) is 10. The summed E-state index contributed by atoms with van der Waals surface area (Å²) in [5.74, 6) is 3.32. The zero-order chi connectivity index (χ0) is 28.7. The normalized spacial score (nSPS) is 15.2. The fourth-order valence-corrected chi connectivity index (χ4v) is 5.54. The molecule has 1 N–H and O–H groups in total. The van der Waals surface area contributed by atoms with E-state index >= 15 is 0 Å². The van der Waals surface area contributed by atoms with Crippen molar-refractivity contribution in [3.05, 3.63) is 57.7 Å². The van der Waals surface area contributed by atoms with Gasteiger partial charge >= 0.3 is 0 Å². The Bertz CT molecular complexity index is 1570. The summed E-state index contributed by atoms with van der Waals surface area (Å²) in [5.41, 5.74) is 5.99. The summed E-state index contributed by atoms with van der Waals surface area (Å²) < 4.78 is 11.4. The molecule has 41 heavy (non-hydrogen) atoms. The fraction of sp³-hybridized carbons (Fsp3) is 0.433. The van der Waals surface area contributed by atoms with Gasteiger partial charge in [-0.05, 0) is 51.8 Å². The van der Waals surface area contributed by atoms with E-state index < -0.39 is 6.10 Å². The molecule has 4 aromatic rings. The molecule has 0 radical (unpaired) electrons. The third kappa shape index (κ3) is 5.34. The summed E-state index contributed by atoms with van der Waals surface area (Å²) in [6.45, 7) is 11.3. The van der Waals surface area contributed by atoms with Crippen LogP contribution in [0, 0.1) is 20.8 Å². The van der Waals surface area contributed by atoms with E-state index in [1.807, 2.05) is 40.0 Å².